The Morgan fingerprint density at radius 1 is 1.24 bits per heavy atom. The molecule has 1 aliphatic carbocycles. The predicted molar refractivity (Wildman–Crippen MR) is 74.4 cm³/mol. The van der Waals surface area contributed by atoms with Gasteiger partial charge < -0.3 is 9.09 Å². The number of hydrogen-bond acceptors (Lipinski definition) is 6. The zero-order valence-corrected chi connectivity index (χ0v) is 12.5. The van der Waals surface area contributed by atoms with Gasteiger partial charge in [-0.2, -0.15) is 4.98 Å². The van der Waals surface area contributed by atoms with Gasteiger partial charge in [0.2, 0.25) is 5.89 Å². The molecular weight excluding hydrogens is 268 g/mol. The van der Waals surface area contributed by atoms with E-state index in [-0.39, 0.29) is 6.04 Å². The van der Waals surface area contributed by atoms with Crippen LogP contribution in [0.1, 0.15) is 61.0 Å². The molecule has 7 heteroatoms. The van der Waals surface area contributed by atoms with E-state index in [1.165, 1.54) is 12.8 Å². The summed E-state index contributed by atoms with van der Waals surface area (Å²) in [5.41, 5.74) is 0. The molecule has 112 valence electrons. The lowest BCUT2D eigenvalue weighted by Crippen LogP contribution is -2.25. The maximum atomic E-state index is 5.12. The Hall–Kier alpha value is -1.76. The van der Waals surface area contributed by atoms with Crippen molar-refractivity contribution >= 4 is 0 Å². The van der Waals surface area contributed by atoms with Crippen LogP contribution >= 0.6 is 0 Å². The molecule has 2 aliphatic rings. The molecule has 0 bridgehead atoms. The Bertz CT molecular complexity index is 644. The second kappa shape index (κ2) is 4.91. The van der Waals surface area contributed by atoms with Gasteiger partial charge in [0.25, 0.3) is 0 Å². The third-order valence-corrected chi connectivity index (χ3v) is 4.49. The van der Waals surface area contributed by atoms with E-state index in [9.17, 15) is 0 Å². The van der Waals surface area contributed by atoms with Gasteiger partial charge in [-0.25, -0.2) is 0 Å². The Balaban J connectivity index is 1.53. The van der Waals surface area contributed by atoms with Crippen LogP contribution in [0, 0.1) is 6.92 Å². The van der Waals surface area contributed by atoms with Gasteiger partial charge in [-0.05, 0) is 32.2 Å². The summed E-state index contributed by atoms with van der Waals surface area (Å²) in [5.74, 6) is 4.23. The number of hydrogen-bond donors (Lipinski definition) is 0. The fourth-order valence-electron chi connectivity index (χ4n) is 3.15. The van der Waals surface area contributed by atoms with Crippen molar-refractivity contribution in [3.8, 4) is 0 Å². The lowest BCUT2D eigenvalue weighted by molar-refractivity contribution is 0.226. The molecule has 0 N–H and O–H groups in total. The highest BCUT2D eigenvalue weighted by atomic mass is 16.5. The molecule has 1 saturated heterocycles. The predicted octanol–water partition coefficient (Wildman–Crippen LogP) is 1.72. The summed E-state index contributed by atoms with van der Waals surface area (Å²) in [6, 6.07) is 0.239. The molecule has 7 nitrogen and oxygen atoms in total. The quantitative estimate of drug-likeness (QED) is 0.853. The Kier molecular flexibility index (Phi) is 3.02. The van der Waals surface area contributed by atoms with Crippen LogP contribution in [-0.4, -0.2) is 36.3 Å². The van der Waals surface area contributed by atoms with Crippen LogP contribution in [0.25, 0.3) is 0 Å². The highest BCUT2D eigenvalue weighted by Gasteiger charge is 2.33. The van der Waals surface area contributed by atoms with E-state index < -0.39 is 0 Å². The number of aromatic nitrogens is 5. The van der Waals surface area contributed by atoms with Crippen molar-refractivity contribution in [3.05, 3.63) is 23.4 Å². The molecule has 3 heterocycles. The molecular formula is C14H20N6O. The van der Waals surface area contributed by atoms with Crippen molar-refractivity contribution in [3.63, 3.8) is 0 Å². The molecule has 1 saturated carbocycles. The molecule has 0 spiro atoms. The SMILES string of the molecule is Cc1nc(C2CCCN2Cc2nnc(C3CC3)n2C)no1. The number of likely N-dealkylation sites (tertiary alicyclic amines) is 1. The van der Waals surface area contributed by atoms with Crippen LogP contribution in [-0.2, 0) is 13.6 Å². The van der Waals surface area contributed by atoms with Crippen LogP contribution < -0.4 is 0 Å². The molecule has 1 atom stereocenters. The van der Waals surface area contributed by atoms with Crippen molar-refractivity contribution in [2.24, 2.45) is 7.05 Å². The van der Waals surface area contributed by atoms with E-state index in [2.05, 4.69) is 36.9 Å². The van der Waals surface area contributed by atoms with E-state index in [1.807, 2.05) is 6.92 Å². The summed E-state index contributed by atoms with van der Waals surface area (Å²) in [4.78, 5) is 6.77. The topological polar surface area (TPSA) is 72.9 Å². The molecule has 4 rings (SSSR count). The largest absolute Gasteiger partial charge is 0.340 e. The Morgan fingerprint density at radius 2 is 2.10 bits per heavy atom. The maximum Gasteiger partial charge on any atom is 0.223 e. The van der Waals surface area contributed by atoms with Gasteiger partial charge in [-0.3, -0.25) is 4.90 Å². The average Bonchev–Trinajstić information content (AvgIpc) is 2.88. The lowest BCUT2D eigenvalue weighted by atomic mass is 10.2. The van der Waals surface area contributed by atoms with Crippen LogP contribution in [0.4, 0.5) is 0 Å². The van der Waals surface area contributed by atoms with Crippen LogP contribution in [0.15, 0.2) is 4.52 Å². The fraction of sp³-hybridized carbons (Fsp3) is 0.714. The van der Waals surface area contributed by atoms with Gasteiger partial charge >= 0.3 is 0 Å². The minimum absolute atomic E-state index is 0.239. The van der Waals surface area contributed by atoms with Gasteiger partial charge in [0.05, 0.1) is 12.6 Å². The van der Waals surface area contributed by atoms with Gasteiger partial charge in [-0.15, -0.1) is 10.2 Å². The van der Waals surface area contributed by atoms with Crippen LogP contribution in [0.2, 0.25) is 0 Å². The highest BCUT2D eigenvalue weighted by Crippen LogP contribution is 2.39. The van der Waals surface area contributed by atoms with Crippen molar-refractivity contribution < 1.29 is 4.52 Å². The highest BCUT2D eigenvalue weighted by molar-refractivity contribution is 5.08. The molecule has 21 heavy (non-hydrogen) atoms. The van der Waals surface area contributed by atoms with E-state index in [4.69, 9.17) is 4.52 Å². The van der Waals surface area contributed by atoms with Crippen molar-refractivity contribution in [2.45, 2.75) is 51.1 Å². The number of aryl methyl sites for hydroxylation is 1. The van der Waals surface area contributed by atoms with Crippen LogP contribution in [0.5, 0.6) is 0 Å². The van der Waals surface area contributed by atoms with Gasteiger partial charge in [0.15, 0.2) is 5.82 Å². The molecule has 0 amide bonds. The lowest BCUT2D eigenvalue weighted by Gasteiger charge is -2.21. The van der Waals surface area contributed by atoms with Gasteiger partial charge in [-0.1, -0.05) is 5.16 Å². The summed E-state index contributed by atoms with van der Waals surface area (Å²) in [7, 11) is 2.08. The molecule has 1 unspecified atom stereocenters. The number of rotatable bonds is 4. The van der Waals surface area contributed by atoms with Crippen LogP contribution in [0.3, 0.4) is 0 Å². The third kappa shape index (κ3) is 2.35. The normalized spacial score (nSPS) is 23.0. The van der Waals surface area contributed by atoms with Gasteiger partial charge in [0.1, 0.15) is 11.6 Å². The summed E-state index contributed by atoms with van der Waals surface area (Å²) in [6.45, 7) is 3.68. The summed E-state index contributed by atoms with van der Waals surface area (Å²) in [6.07, 6.45) is 4.73. The van der Waals surface area contributed by atoms with E-state index in [0.717, 1.165) is 43.4 Å². The van der Waals surface area contributed by atoms with E-state index in [0.29, 0.717) is 11.8 Å². The monoisotopic (exact) mass is 288 g/mol. The third-order valence-electron chi connectivity index (χ3n) is 4.49. The molecule has 2 fully saturated rings. The zero-order valence-electron chi connectivity index (χ0n) is 12.5. The second-order valence-electron chi connectivity index (χ2n) is 6.11. The Morgan fingerprint density at radius 3 is 2.81 bits per heavy atom. The first-order valence-corrected chi connectivity index (χ1v) is 7.65. The molecule has 0 radical (unpaired) electrons. The number of nitrogens with zero attached hydrogens (tertiary/aromatic N) is 6. The molecule has 2 aromatic heterocycles. The zero-order chi connectivity index (χ0) is 14.4. The van der Waals surface area contributed by atoms with E-state index in [1.54, 1.807) is 0 Å². The first kappa shape index (κ1) is 12.9. The summed E-state index contributed by atoms with van der Waals surface area (Å²) in [5, 5.41) is 12.8. The molecule has 1 aliphatic heterocycles. The van der Waals surface area contributed by atoms with Crippen molar-refractivity contribution in [1.82, 2.24) is 29.8 Å². The average molecular weight is 288 g/mol. The standard InChI is InChI=1S/C14H20N6O/c1-9-15-13(18-21-9)11-4-3-7-20(11)8-12-16-17-14(19(12)2)10-5-6-10/h10-11H,3-8H2,1-2H3. The van der Waals surface area contributed by atoms with E-state index >= 15 is 0 Å². The first-order valence-electron chi connectivity index (χ1n) is 7.65. The summed E-state index contributed by atoms with van der Waals surface area (Å²) < 4.78 is 7.28. The van der Waals surface area contributed by atoms with Crippen molar-refractivity contribution in [2.75, 3.05) is 6.54 Å². The second-order valence-corrected chi connectivity index (χ2v) is 6.11. The fourth-order valence-corrected chi connectivity index (χ4v) is 3.15. The van der Waals surface area contributed by atoms with Crippen molar-refractivity contribution in [1.29, 1.82) is 0 Å². The minimum atomic E-state index is 0.239. The van der Waals surface area contributed by atoms with Gasteiger partial charge in [0, 0.05) is 19.9 Å². The summed E-state index contributed by atoms with van der Waals surface area (Å²) >= 11 is 0. The molecule has 2 aromatic rings. The smallest absolute Gasteiger partial charge is 0.223 e. The Labute approximate surface area is 123 Å². The minimum Gasteiger partial charge on any atom is -0.340 e. The molecule has 0 aromatic carbocycles. The maximum absolute atomic E-state index is 5.12. The first-order chi connectivity index (χ1) is 10.2.